The van der Waals surface area contributed by atoms with Crippen LogP contribution in [0.15, 0.2) is 0 Å². The number of unbranched alkanes of at least 4 members (excludes halogenated alkanes) is 5. The summed E-state index contributed by atoms with van der Waals surface area (Å²) in [7, 11) is -5.76. The number of hydrogen-bond donors (Lipinski definition) is 1. The molecule has 12 heteroatoms. The van der Waals surface area contributed by atoms with E-state index in [9.17, 15) is 39.6 Å². The van der Waals surface area contributed by atoms with Gasteiger partial charge in [-0.05, 0) is 12.3 Å². The minimum Gasteiger partial charge on any atom is -0.438 e. The Morgan fingerprint density at radius 2 is 1.32 bits per heavy atom. The predicted octanol–water partition coefficient (Wildman–Crippen LogP) is 5.06. The number of halogens is 6. The third-order valence-electron chi connectivity index (χ3n) is 4.00. The van der Waals surface area contributed by atoms with Crippen LogP contribution in [-0.4, -0.2) is 42.6 Å². The van der Waals surface area contributed by atoms with Gasteiger partial charge in [-0.1, -0.05) is 52.4 Å². The summed E-state index contributed by atoms with van der Waals surface area (Å²) in [6.45, 7) is 4.16. The van der Waals surface area contributed by atoms with E-state index in [0.29, 0.717) is 18.8 Å². The van der Waals surface area contributed by atoms with Crippen LogP contribution in [-0.2, 0) is 19.6 Å². The van der Waals surface area contributed by atoms with Crippen LogP contribution in [0.4, 0.5) is 26.3 Å². The quantitative estimate of drug-likeness (QED) is 0.197. The van der Waals surface area contributed by atoms with Gasteiger partial charge < -0.3 is 4.74 Å². The molecule has 0 aromatic heterocycles. The van der Waals surface area contributed by atoms with Crippen LogP contribution in [0, 0.1) is 5.92 Å². The third-order valence-corrected chi connectivity index (χ3v) is 4.77. The molecular formula is C16H26F6O5S. The zero-order chi connectivity index (χ0) is 22.2. The molecule has 0 aromatic rings. The van der Waals surface area contributed by atoms with E-state index in [4.69, 9.17) is 4.55 Å². The molecule has 0 rings (SSSR count). The minimum atomic E-state index is -6.28. The van der Waals surface area contributed by atoms with E-state index in [1.54, 1.807) is 0 Å². The van der Waals surface area contributed by atoms with Gasteiger partial charge in [0, 0.05) is 6.42 Å². The largest absolute Gasteiger partial charge is 0.438 e. The molecule has 0 heterocycles. The first kappa shape index (κ1) is 27.0. The molecule has 0 bridgehead atoms. The molecule has 28 heavy (non-hydrogen) atoms. The van der Waals surface area contributed by atoms with Crippen molar-refractivity contribution in [1.82, 2.24) is 0 Å². The number of rotatable bonds is 12. The van der Waals surface area contributed by atoms with Gasteiger partial charge in [-0.15, -0.1) is 0 Å². The van der Waals surface area contributed by atoms with E-state index in [0.717, 1.165) is 25.7 Å². The highest BCUT2D eigenvalue weighted by Gasteiger charge is 2.75. The Morgan fingerprint density at radius 3 is 1.71 bits per heavy atom. The van der Waals surface area contributed by atoms with Gasteiger partial charge in [-0.2, -0.15) is 34.8 Å². The second kappa shape index (κ2) is 10.7. The summed E-state index contributed by atoms with van der Waals surface area (Å²) >= 11 is 0. The van der Waals surface area contributed by atoms with Crippen molar-refractivity contribution < 1.29 is 48.8 Å². The Balaban J connectivity index is 4.79. The second-order valence-electron chi connectivity index (χ2n) is 7.08. The Hall–Kier alpha value is -1.04. The molecule has 0 saturated carbocycles. The molecule has 0 aliphatic heterocycles. The summed E-state index contributed by atoms with van der Waals surface area (Å²) < 4.78 is 112. The number of carbonyl (C=O) groups excluding carboxylic acids is 1. The standard InChI is InChI=1S/C16H26F6O5S/c1-12(2)9-7-5-3-4-6-8-10-13(23)27-14(15(17,18)19,16(20,21)22)11-28(24,25)26/h12H,3-11H2,1-2H3,(H,24,25,26). The van der Waals surface area contributed by atoms with Gasteiger partial charge in [0.15, 0.2) is 0 Å². The average Bonchev–Trinajstić information content (AvgIpc) is 2.45. The Morgan fingerprint density at radius 1 is 0.893 bits per heavy atom. The maximum atomic E-state index is 13.0. The van der Waals surface area contributed by atoms with Gasteiger partial charge >= 0.3 is 23.9 Å². The lowest BCUT2D eigenvalue weighted by atomic mass is 10.0. The molecular weight excluding hydrogens is 418 g/mol. The maximum Gasteiger partial charge on any atom is 0.438 e. The molecule has 0 radical (unpaired) electrons. The zero-order valence-electron chi connectivity index (χ0n) is 15.7. The number of carbonyl (C=O) groups is 1. The van der Waals surface area contributed by atoms with Gasteiger partial charge in [0.2, 0.25) is 0 Å². The van der Waals surface area contributed by atoms with Crippen LogP contribution >= 0.6 is 0 Å². The molecule has 168 valence electrons. The predicted molar refractivity (Wildman–Crippen MR) is 89.1 cm³/mol. The molecule has 0 spiro atoms. The van der Waals surface area contributed by atoms with Gasteiger partial charge in [0.05, 0.1) is 0 Å². The summed E-state index contributed by atoms with van der Waals surface area (Å²) in [6, 6.07) is 0. The number of ether oxygens (including phenoxy) is 1. The van der Waals surface area contributed by atoms with Crippen LogP contribution in [0.3, 0.4) is 0 Å². The summed E-state index contributed by atoms with van der Waals surface area (Å²) in [6.07, 6.45) is -8.43. The minimum absolute atomic E-state index is 0.000678. The van der Waals surface area contributed by atoms with Crippen LogP contribution in [0.25, 0.3) is 0 Å². The van der Waals surface area contributed by atoms with Crippen LogP contribution in [0.2, 0.25) is 0 Å². The molecule has 0 aliphatic carbocycles. The lowest BCUT2D eigenvalue weighted by Crippen LogP contribution is -2.63. The van der Waals surface area contributed by atoms with Crippen molar-refractivity contribution in [1.29, 1.82) is 0 Å². The monoisotopic (exact) mass is 444 g/mol. The Kier molecular flexibility index (Phi) is 10.3. The van der Waals surface area contributed by atoms with Crippen molar-refractivity contribution in [2.24, 2.45) is 5.92 Å². The van der Waals surface area contributed by atoms with E-state index in [-0.39, 0.29) is 6.42 Å². The molecule has 0 saturated heterocycles. The van der Waals surface area contributed by atoms with E-state index in [1.807, 2.05) is 0 Å². The fourth-order valence-electron chi connectivity index (χ4n) is 2.50. The van der Waals surface area contributed by atoms with Crippen molar-refractivity contribution in [2.75, 3.05) is 5.75 Å². The van der Waals surface area contributed by atoms with Crippen molar-refractivity contribution in [2.45, 2.75) is 83.2 Å². The van der Waals surface area contributed by atoms with Gasteiger partial charge in [0.25, 0.3) is 10.1 Å². The van der Waals surface area contributed by atoms with Crippen LogP contribution in [0.5, 0.6) is 0 Å². The van der Waals surface area contributed by atoms with Gasteiger partial charge in [-0.25, -0.2) is 0 Å². The molecule has 0 unspecified atom stereocenters. The maximum absolute atomic E-state index is 13.0. The lowest BCUT2D eigenvalue weighted by Gasteiger charge is -2.35. The molecule has 0 aliphatic rings. The van der Waals surface area contributed by atoms with Crippen LogP contribution < -0.4 is 0 Å². The van der Waals surface area contributed by atoms with Crippen LogP contribution in [0.1, 0.15) is 65.2 Å². The molecule has 5 nitrogen and oxygen atoms in total. The van der Waals surface area contributed by atoms with E-state index < -0.39 is 46.2 Å². The molecule has 1 N–H and O–H groups in total. The molecule has 0 aromatic carbocycles. The van der Waals surface area contributed by atoms with Crippen molar-refractivity contribution in [3.63, 3.8) is 0 Å². The topological polar surface area (TPSA) is 80.7 Å². The first-order valence-electron chi connectivity index (χ1n) is 8.82. The average molecular weight is 444 g/mol. The second-order valence-corrected chi connectivity index (χ2v) is 8.53. The summed E-state index contributed by atoms with van der Waals surface area (Å²) in [5, 5.41) is 0. The highest BCUT2D eigenvalue weighted by molar-refractivity contribution is 7.85. The third kappa shape index (κ3) is 9.44. The zero-order valence-corrected chi connectivity index (χ0v) is 16.5. The fourth-order valence-corrected chi connectivity index (χ4v) is 3.40. The summed E-state index contributed by atoms with van der Waals surface area (Å²) in [5.74, 6) is -4.12. The fraction of sp³-hybridized carbons (Fsp3) is 0.938. The van der Waals surface area contributed by atoms with E-state index >= 15 is 0 Å². The first-order chi connectivity index (χ1) is 12.5. The summed E-state index contributed by atoms with van der Waals surface area (Å²) in [4.78, 5) is 11.5. The normalized spacial score (nSPS) is 13.8. The SMILES string of the molecule is CC(C)CCCCCCCCC(=O)OC(CS(=O)(=O)O)(C(F)(F)F)C(F)(F)F. The number of esters is 1. The first-order valence-corrected chi connectivity index (χ1v) is 10.4. The smallest absolute Gasteiger partial charge is 0.438 e. The number of hydrogen-bond acceptors (Lipinski definition) is 4. The molecule has 0 fully saturated rings. The van der Waals surface area contributed by atoms with Crippen molar-refractivity contribution in [3.05, 3.63) is 0 Å². The molecule has 0 amide bonds. The van der Waals surface area contributed by atoms with Gasteiger partial charge in [0.1, 0.15) is 5.75 Å². The van der Waals surface area contributed by atoms with E-state index in [1.165, 1.54) is 0 Å². The van der Waals surface area contributed by atoms with Crippen molar-refractivity contribution >= 4 is 16.1 Å². The highest BCUT2D eigenvalue weighted by Crippen LogP contribution is 2.47. The summed E-state index contributed by atoms with van der Waals surface area (Å²) in [5.41, 5.74) is -5.32. The molecule has 0 atom stereocenters. The lowest BCUT2D eigenvalue weighted by molar-refractivity contribution is -0.361. The Labute approximate surface area is 160 Å². The Bertz CT molecular complexity index is 569. The number of alkyl halides is 6. The highest BCUT2D eigenvalue weighted by atomic mass is 32.2. The van der Waals surface area contributed by atoms with E-state index in [2.05, 4.69) is 18.6 Å². The van der Waals surface area contributed by atoms with Crippen molar-refractivity contribution in [3.8, 4) is 0 Å². The van der Waals surface area contributed by atoms with Gasteiger partial charge in [-0.3, -0.25) is 9.35 Å².